The Hall–Kier alpha value is -1.15. The Morgan fingerprint density at radius 1 is 1.31 bits per heavy atom. The second-order valence-corrected chi connectivity index (χ2v) is 7.88. The number of fused-ring (bicyclic) bond motifs is 1. The first-order valence-electron chi connectivity index (χ1n) is 8.39. The number of halogens is 4. The lowest BCUT2D eigenvalue weighted by Crippen LogP contribution is -2.25. The summed E-state index contributed by atoms with van der Waals surface area (Å²) in [4.78, 5) is 12.8. The van der Waals surface area contributed by atoms with Gasteiger partial charge in [0.05, 0.1) is 4.47 Å². The van der Waals surface area contributed by atoms with Crippen LogP contribution in [0.4, 0.5) is 13.2 Å². The molecule has 0 aromatic heterocycles. The van der Waals surface area contributed by atoms with Crippen LogP contribution in [-0.2, 0) is 17.6 Å². The molecule has 0 N–H and O–H groups in total. The number of nitrogens with zero attached hydrogens (tertiary/aromatic N) is 1. The van der Waals surface area contributed by atoms with Crippen LogP contribution in [0.25, 0.3) is 0 Å². The van der Waals surface area contributed by atoms with E-state index in [1.165, 1.54) is 0 Å². The average Bonchev–Trinajstić information content (AvgIpc) is 2.76. The van der Waals surface area contributed by atoms with E-state index in [0.717, 1.165) is 34.9 Å². The number of benzene rings is 1. The Morgan fingerprint density at radius 3 is 2.58 bits per heavy atom. The summed E-state index contributed by atoms with van der Waals surface area (Å²) >= 11 is 8.72. The van der Waals surface area contributed by atoms with Crippen LogP contribution in [0.5, 0.6) is 5.75 Å². The molecule has 0 bridgehead atoms. The molecule has 1 atom stereocenters. The zero-order valence-corrected chi connectivity index (χ0v) is 17.1. The Bertz CT molecular complexity index is 692. The topological polar surface area (TPSA) is 29.5 Å². The average molecular weight is 452 g/mol. The Labute approximate surface area is 165 Å². The SMILES string of the molecule is CN(C)C(=S)Oc1c(Br)ccc2c1CCC(CCC(=O)C(F)(F)F)CC2. The molecule has 8 heteroatoms. The number of hydrogen-bond donors (Lipinski definition) is 0. The number of ether oxygens (including phenoxy) is 1. The number of alkyl halides is 3. The second kappa shape index (κ2) is 8.69. The van der Waals surface area contributed by atoms with E-state index in [1.54, 1.807) is 19.0 Å². The van der Waals surface area contributed by atoms with Crippen LogP contribution in [-0.4, -0.2) is 36.1 Å². The van der Waals surface area contributed by atoms with Gasteiger partial charge in [-0.05, 0) is 83.4 Å². The fourth-order valence-electron chi connectivity index (χ4n) is 3.06. The molecule has 0 amide bonds. The molecule has 1 aromatic carbocycles. The number of Topliss-reactive ketones (excluding diaryl/α,β-unsaturated/α-hetero) is 1. The van der Waals surface area contributed by atoms with Gasteiger partial charge in [0.1, 0.15) is 5.75 Å². The molecule has 144 valence electrons. The Morgan fingerprint density at radius 2 is 1.96 bits per heavy atom. The third kappa shape index (κ3) is 5.42. The van der Waals surface area contributed by atoms with Crippen molar-refractivity contribution in [3.05, 3.63) is 27.7 Å². The van der Waals surface area contributed by atoms with Gasteiger partial charge < -0.3 is 9.64 Å². The highest BCUT2D eigenvalue weighted by Gasteiger charge is 2.37. The molecule has 0 aliphatic heterocycles. The van der Waals surface area contributed by atoms with Gasteiger partial charge >= 0.3 is 6.18 Å². The molecule has 1 aliphatic carbocycles. The van der Waals surface area contributed by atoms with Crippen molar-refractivity contribution in [2.75, 3.05) is 14.1 Å². The standard InChI is InChI=1S/C18H21BrF3NO2S/c1-23(2)17(26)25-16-13-8-4-11(5-10-15(24)18(20,21)22)3-6-12(13)7-9-14(16)19/h7,9,11H,3-6,8,10H2,1-2H3. The molecular formula is C18H21BrF3NO2S. The van der Waals surface area contributed by atoms with Gasteiger partial charge in [-0.15, -0.1) is 0 Å². The second-order valence-electron chi connectivity index (χ2n) is 6.68. The Balaban J connectivity index is 2.09. The minimum atomic E-state index is -4.73. The lowest BCUT2D eigenvalue weighted by molar-refractivity contribution is -0.171. The van der Waals surface area contributed by atoms with Crippen molar-refractivity contribution >= 4 is 39.1 Å². The Kier molecular flexibility index (Phi) is 7.07. The molecule has 0 spiro atoms. The summed E-state index contributed by atoms with van der Waals surface area (Å²) in [5.74, 6) is -0.878. The van der Waals surface area contributed by atoms with Gasteiger partial charge in [0, 0.05) is 20.5 Å². The summed E-state index contributed by atoms with van der Waals surface area (Å²) < 4.78 is 43.8. The summed E-state index contributed by atoms with van der Waals surface area (Å²) in [6, 6.07) is 3.91. The van der Waals surface area contributed by atoms with Gasteiger partial charge in [0.2, 0.25) is 5.78 Å². The number of ketones is 1. The van der Waals surface area contributed by atoms with E-state index < -0.39 is 18.4 Å². The maximum atomic E-state index is 12.4. The van der Waals surface area contributed by atoms with Gasteiger partial charge in [-0.2, -0.15) is 13.2 Å². The largest absolute Gasteiger partial charge is 0.449 e. The maximum Gasteiger partial charge on any atom is 0.449 e. The zero-order chi connectivity index (χ0) is 19.5. The summed E-state index contributed by atoms with van der Waals surface area (Å²) in [6.07, 6.45) is -2.00. The van der Waals surface area contributed by atoms with Gasteiger partial charge in [-0.25, -0.2) is 0 Å². The van der Waals surface area contributed by atoms with Crippen molar-refractivity contribution < 1.29 is 22.7 Å². The van der Waals surface area contributed by atoms with Crippen LogP contribution >= 0.6 is 28.1 Å². The van der Waals surface area contributed by atoms with Crippen LogP contribution in [0.15, 0.2) is 16.6 Å². The van der Waals surface area contributed by atoms with Crippen molar-refractivity contribution in [3.63, 3.8) is 0 Å². The number of carbonyl (C=O) groups is 1. The fraction of sp³-hybridized carbons (Fsp3) is 0.556. The van der Waals surface area contributed by atoms with Crippen molar-refractivity contribution in [1.29, 1.82) is 0 Å². The summed E-state index contributed by atoms with van der Waals surface area (Å²) in [5.41, 5.74) is 2.16. The predicted molar refractivity (Wildman–Crippen MR) is 101 cm³/mol. The predicted octanol–water partition coefficient (Wildman–Crippen LogP) is 5.08. The summed E-state index contributed by atoms with van der Waals surface area (Å²) in [6.45, 7) is 0. The highest BCUT2D eigenvalue weighted by molar-refractivity contribution is 9.10. The van der Waals surface area contributed by atoms with Crippen LogP contribution in [0, 0.1) is 5.92 Å². The monoisotopic (exact) mass is 451 g/mol. The molecule has 0 saturated heterocycles. The minimum absolute atomic E-state index is 0.0844. The van der Waals surface area contributed by atoms with Crippen LogP contribution in [0.1, 0.15) is 36.8 Å². The van der Waals surface area contributed by atoms with E-state index in [2.05, 4.69) is 15.9 Å². The van der Waals surface area contributed by atoms with Crippen molar-refractivity contribution in [2.45, 2.75) is 44.7 Å². The molecule has 0 heterocycles. The first kappa shape index (κ1) is 21.2. The number of thiocarbonyl (C=S) groups is 1. The van der Waals surface area contributed by atoms with Crippen molar-refractivity contribution in [1.82, 2.24) is 4.90 Å². The van der Waals surface area contributed by atoms with E-state index >= 15 is 0 Å². The lowest BCUT2D eigenvalue weighted by atomic mass is 9.93. The molecule has 1 unspecified atom stereocenters. The van der Waals surface area contributed by atoms with E-state index in [4.69, 9.17) is 17.0 Å². The van der Waals surface area contributed by atoms with E-state index in [9.17, 15) is 18.0 Å². The molecule has 2 rings (SSSR count). The molecule has 3 nitrogen and oxygen atoms in total. The van der Waals surface area contributed by atoms with Gasteiger partial charge in [-0.3, -0.25) is 4.79 Å². The highest BCUT2D eigenvalue weighted by atomic mass is 79.9. The number of aryl methyl sites for hydroxylation is 1. The minimum Gasteiger partial charge on any atom is -0.430 e. The molecule has 0 radical (unpaired) electrons. The quantitative estimate of drug-likeness (QED) is 0.471. The van der Waals surface area contributed by atoms with Gasteiger partial charge in [-0.1, -0.05) is 6.07 Å². The smallest absolute Gasteiger partial charge is 0.430 e. The molecular weight excluding hydrogens is 431 g/mol. The lowest BCUT2D eigenvalue weighted by Gasteiger charge is -2.19. The normalized spacial score (nSPS) is 17.2. The van der Waals surface area contributed by atoms with E-state index in [-0.39, 0.29) is 12.3 Å². The third-order valence-electron chi connectivity index (χ3n) is 4.58. The van der Waals surface area contributed by atoms with Crippen molar-refractivity contribution in [2.24, 2.45) is 5.92 Å². The molecule has 1 aromatic rings. The first-order chi connectivity index (χ1) is 12.1. The van der Waals surface area contributed by atoms with E-state index in [1.807, 2.05) is 12.1 Å². The number of rotatable bonds is 4. The van der Waals surface area contributed by atoms with Gasteiger partial charge in [0.15, 0.2) is 0 Å². The maximum absolute atomic E-state index is 12.4. The van der Waals surface area contributed by atoms with Gasteiger partial charge in [0.25, 0.3) is 5.17 Å². The molecule has 26 heavy (non-hydrogen) atoms. The molecule has 0 fully saturated rings. The van der Waals surface area contributed by atoms with Crippen LogP contribution in [0.2, 0.25) is 0 Å². The van der Waals surface area contributed by atoms with Crippen molar-refractivity contribution in [3.8, 4) is 5.75 Å². The van der Waals surface area contributed by atoms with Crippen LogP contribution < -0.4 is 4.74 Å². The fourth-order valence-corrected chi connectivity index (χ4v) is 3.59. The van der Waals surface area contributed by atoms with Crippen LogP contribution in [0.3, 0.4) is 0 Å². The first-order valence-corrected chi connectivity index (χ1v) is 9.59. The summed E-state index contributed by atoms with van der Waals surface area (Å²) in [7, 11) is 3.59. The summed E-state index contributed by atoms with van der Waals surface area (Å²) in [5, 5.41) is 0.343. The molecule has 0 saturated carbocycles. The van der Waals surface area contributed by atoms with E-state index in [0.29, 0.717) is 17.3 Å². The number of carbonyl (C=O) groups excluding carboxylic acids is 1. The highest BCUT2D eigenvalue weighted by Crippen LogP contribution is 2.38. The third-order valence-corrected chi connectivity index (χ3v) is 5.66. The zero-order valence-electron chi connectivity index (χ0n) is 14.7. The molecule has 1 aliphatic rings. The number of hydrogen-bond acceptors (Lipinski definition) is 3.